The number of carbonyl (C=O) groups is 2. The average Bonchev–Trinajstić information content (AvgIpc) is 3.21. The summed E-state index contributed by atoms with van der Waals surface area (Å²) >= 11 is 0. The fourth-order valence-electron chi connectivity index (χ4n) is 4.33. The molecule has 2 atom stereocenters. The Morgan fingerprint density at radius 1 is 1.17 bits per heavy atom. The Bertz CT molecular complexity index is 675. The van der Waals surface area contributed by atoms with Crippen LogP contribution in [-0.4, -0.2) is 65.2 Å². The molecular weight excluding hydrogens is 370 g/mol. The average molecular weight is 406 g/mol. The minimum Gasteiger partial charge on any atom is -0.472 e. The van der Waals surface area contributed by atoms with E-state index in [9.17, 15) is 9.59 Å². The normalized spacial score (nSPS) is 22.4. The van der Waals surface area contributed by atoms with Crippen molar-refractivity contribution in [2.75, 3.05) is 19.6 Å². The molecule has 0 aromatic carbocycles. The van der Waals surface area contributed by atoms with Crippen LogP contribution in [0.15, 0.2) is 23.0 Å². The molecule has 162 valence electrons. The van der Waals surface area contributed by atoms with Crippen molar-refractivity contribution in [3.05, 3.63) is 24.2 Å². The van der Waals surface area contributed by atoms with Crippen LogP contribution in [0.4, 0.5) is 4.79 Å². The van der Waals surface area contributed by atoms with Crippen molar-refractivity contribution in [2.45, 2.75) is 83.5 Å². The van der Waals surface area contributed by atoms with Crippen LogP contribution < -0.4 is 5.32 Å². The highest BCUT2D eigenvalue weighted by molar-refractivity contribution is 5.93. The standard InChI is InChI=1S/C22H35N3O4/c1-16(19-7-5-6-11-25(19)21(27)29-22(2,3)4)23-18-8-12-24(13-9-18)20(26)17-10-14-28-15-17/h10,14-16,18-19,23H,5-9,11-13H2,1-4H3/t16-,19-/m0/s1. The Morgan fingerprint density at radius 2 is 1.90 bits per heavy atom. The largest absolute Gasteiger partial charge is 0.472 e. The number of amides is 2. The lowest BCUT2D eigenvalue weighted by atomic mass is 9.95. The number of nitrogens with zero attached hydrogens (tertiary/aromatic N) is 2. The summed E-state index contributed by atoms with van der Waals surface area (Å²) in [4.78, 5) is 28.9. The van der Waals surface area contributed by atoms with Gasteiger partial charge in [-0.15, -0.1) is 0 Å². The second-order valence-corrected chi connectivity index (χ2v) is 9.27. The molecule has 0 bridgehead atoms. The first-order valence-corrected chi connectivity index (χ1v) is 10.8. The van der Waals surface area contributed by atoms with Crippen LogP contribution in [0.3, 0.4) is 0 Å². The van der Waals surface area contributed by atoms with E-state index in [1.165, 1.54) is 12.5 Å². The van der Waals surface area contributed by atoms with Gasteiger partial charge in [0.25, 0.3) is 5.91 Å². The van der Waals surface area contributed by atoms with Crippen LogP contribution in [0.2, 0.25) is 0 Å². The van der Waals surface area contributed by atoms with Gasteiger partial charge in [0.2, 0.25) is 0 Å². The number of piperidine rings is 2. The van der Waals surface area contributed by atoms with Gasteiger partial charge in [0.05, 0.1) is 17.9 Å². The lowest BCUT2D eigenvalue weighted by molar-refractivity contribution is 0.00446. The summed E-state index contributed by atoms with van der Waals surface area (Å²) in [5, 5.41) is 3.72. The van der Waals surface area contributed by atoms with Crippen LogP contribution >= 0.6 is 0 Å². The van der Waals surface area contributed by atoms with E-state index in [-0.39, 0.29) is 24.1 Å². The van der Waals surface area contributed by atoms with E-state index < -0.39 is 5.60 Å². The van der Waals surface area contributed by atoms with Crippen molar-refractivity contribution in [3.8, 4) is 0 Å². The molecule has 7 nitrogen and oxygen atoms in total. The molecule has 2 amide bonds. The van der Waals surface area contributed by atoms with Crippen LogP contribution in [0.5, 0.6) is 0 Å². The van der Waals surface area contributed by atoms with E-state index in [1.807, 2.05) is 30.6 Å². The van der Waals surface area contributed by atoms with E-state index in [0.717, 1.165) is 51.7 Å². The zero-order chi connectivity index (χ0) is 21.0. The molecule has 2 saturated heterocycles. The summed E-state index contributed by atoms with van der Waals surface area (Å²) in [7, 11) is 0. The summed E-state index contributed by atoms with van der Waals surface area (Å²) in [5.74, 6) is 0.0358. The molecule has 3 rings (SSSR count). The molecular formula is C22H35N3O4. The predicted octanol–water partition coefficient (Wildman–Crippen LogP) is 3.65. The molecule has 1 aromatic heterocycles. The molecule has 7 heteroatoms. The first-order chi connectivity index (χ1) is 13.7. The monoisotopic (exact) mass is 405 g/mol. The van der Waals surface area contributed by atoms with Crippen LogP contribution in [0.25, 0.3) is 0 Å². The van der Waals surface area contributed by atoms with Gasteiger partial charge in [0.15, 0.2) is 0 Å². The van der Waals surface area contributed by atoms with Gasteiger partial charge in [-0.25, -0.2) is 4.79 Å². The second-order valence-electron chi connectivity index (χ2n) is 9.27. The Balaban J connectivity index is 1.52. The molecule has 2 aliphatic heterocycles. The summed E-state index contributed by atoms with van der Waals surface area (Å²) in [6, 6.07) is 2.39. The molecule has 0 aliphatic carbocycles. The van der Waals surface area contributed by atoms with Crippen molar-refractivity contribution in [1.82, 2.24) is 15.1 Å². The molecule has 3 heterocycles. The maximum absolute atomic E-state index is 12.7. The van der Waals surface area contributed by atoms with Crippen molar-refractivity contribution >= 4 is 12.0 Å². The molecule has 0 saturated carbocycles. The zero-order valence-electron chi connectivity index (χ0n) is 18.1. The smallest absolute Gasteiger partial charge is 0.410 e. The summed E-state index contributed by atoms with van der Waals surface area (Å²) < 4.78 is 10.7. The van der Waals surface area contributed by atoms with E-state index in [0.29, 0.717) is 11.6 Å². The maximum Gasteiger partial charge on any atom is 0.410 e. The Kier molecular flexibility index (Phi) is 6.88. The van der Waals surface area contributed by atoms with E-state index in [1.54, 1.807) is 6.07 Å². The fraction of sp³-hybridized carbons (Fsp3) is 0.727. The number of nitrogens with one attached hydrogen (secondary N) is 1. The highest BCUT2D eigenvalue weighted by Crippen LogP contribution is 2.24. The predicted molar refractivity (Wildman–Crippen MR) is 111 cm³/mol. The van der Waals surface area contributed by atoms with E-state index in [4.69, 9.17) is 9.15 Å². The molecule has 2 aliphatic rings. The molecule has 1 N–H and O–H groups in total. The van der Waals surface area contributed by atoms with Crippen LogP contribution in [0, 0.1) is 0 Å². The number of likely N-dealkylation sites (tertiary alicyclic amines) is 2. The lowest BCUT2D eigenvalue weighted by Crippen LogP contribution is -2.57. The number of hydrogen-bond donors (Lipinski definition) is 1. The number of ether oxygens (including phenoxy) is 1. The van der Waals surface area contributed by atoms with E-state index in [2.05, 4.69) is 12.2 Å². The van der Waals surface area contributed by atoms with E-state index >= 15 is 0 Å². The molecule has 2 fully saturated rings. The molecule has 0 unspecified atom stereocenters. The van der Waals surface area contributed by atoms with Gasteiger partial charge >= 0.3 is 6.09 Å². The first-order valence-electron chi connectivity index (χ1n) is 10.8. The lowest BCUT2D eigenvalue weighted by Gasteiger charge is -2.42. The molecule has 0 spiro atoms. The van der Waals surface area contributed by atoms with Gasteiger partial charge in [0, 0.05) is 31.7 Å². The van der Waals surface area contributed by atoms with Crippen molar-refractivity contribution in [1.29, 1.82) is 0 Å². The fourth-order valence-corrected chi connectivity index (χ4v) is 4.33. The summed E-state index contributed by atoms with van der Waals surface area (Å²) in [6.07, 6.45) is 7.79. The van der Waals surface area contributed by atoms with Crippen molar-refractivity contribution in [2.24, 2.45) is 0 Å². The molecule has 1 aromatic rings. The number of carbonyl (C=O) groups excluding carboxylic acids is 2. The zero-order valence-corrected chi connectivity index (χ0v) is 18.1. The summed E-state index contributed by atoms with van der Waals surface area (Å²) in [6.45, 7) is 10.1. The van der Waals surface area contributed by atoms with Gasteiger partial charge < -0.3 is 24.3 Å². The highest BCUT2D eigenvalue weighted by atomic mass is 16.6. The van der Waals surface area contributed by atoms with Gasteiger partial charge in [-0.2, -0.15) is 0 Å². The Hall–Kier alpha value is -2.02. The maximum atomic E-state index is 12.7. The van der Waals surface area contributed by atoms with Crippen LogP contribution in [-0.2, 0) is 4.74 Å². The van der Waals surface area contributed by atoms with Gasteiger partial charge in [-0.3, -0.25) is 4.79 Å². The topological polar surface area (TPSA) is 75.0 Å². The van der Waals surface area contributed by atoms with Crippen molar-refractivity contribution < 1.29 is 18.7 Å². The SMILES string of the molecule is C[C@H](NC1CCN(C(=O)c2ccoc2)CC1)[C@@H]1CCCCN1C(=O)OC(C)(C)C. The molecule has 0 radical (unpaired) electrons. The third-order valence-electron chi connectivity index (χ3n) is 5.80. The highest BCUT2D eigenvalue weighted by Gasteiger charge is 2.35. The minimum absolute atomic E-state index is 0.0358. The van der Waals surface area contributed by atoms with Gasteiger partial charge in [-0.05, 0) is 65.9 Å². The van der Waals surface area contributed by atoms with Gasteiger partial charge in [-0.1, -0.05) is 0 Å². The number of furan rings is 1. The number of hydrogen-bond acceptors (Lipinski definition) is 5. The number of rotatable bonds is 4. The quantitative estimate of drug-likeness (QED) is 0.828. The summed E-state index contributed by atoms with van der Waals surface area (Å²) in [5.41, 5.74) is 0.129. The second kappa shape index (κ2) is 9.20. The third kappa shape index (κ3) is 5.75. The third-order valence-corrected chi connectivity index (χ3v) is 5.80. The van der Waals surface area contributed by atoms with Crippen LogP contribution in [0.1, 0.15) is 70.2 Å². The van der Waals surface area contributed by atoms with Gasteiger partial charge in [0.1, 0.15) is 11.9 Å². The Morgan fingerprint density at radius 3 is 2.52 bits per heavy atom. The minimum atomic E-state index is -0.482. The Labute approximate surface area is 173 Å². The first kappa shape index (κ1) is 21.7. The molecule has 29 heavy (non-hydrogen) atoms. The van der Waals surface area contributed by atoms with Crippen molar-refractivity contribution in [3.63, 3.8) is 0 Å².